The van der Waals surface area contributed by atoms with Gasteiger partial charge < -0.3 is 89.9 Å². The van der Waals surface area contributed by atoms with Gasteiger partial charge in [-0.3, -0.25) is 4.79 Å². The van der Waals surface area contributed by atoms with Crippen LogP contribution < -0.4 is 5.32 Å². The highest BCUT2D eigenvalue weighted by Gasteiger charge is 2.53. The van der Waals surface area contributed by atoms with E-state index in [0.29, 0.717) is 12.8 Å². The van der Waals surface area contributed by atoms with Crippen LogP contribution >= 0.6 is 0 Å². The fourth-order valence-electron chi connectivity index (χ4n) is 12.9. The van der Waals surface area contributed by atoms with Crippen LogP contribution in [-0.2, 0) is 33.2 Å². The van der Waals surface area contributed by atoms with Gasteiger partial charge in [0, 0.05) is 6.42 Å². The number of hydrogen-bond acceptors (Lipinski definition) is 18. The van der Waals surface area contributed by atoms with E-state index in [-0.39, 0.29) is 18.9 Å². The number of ether oxygens (including phenoxy) is 6. The molecule has 0 aliphatic carbocycles. The topological polar surface area (TPSA) is 307 Å². The molecule has 3 aliphatic heterocycles. The number of aliphatic hydroxyl groups excluding tert-OH is 11. The Labute approximate surface area is 573 Å². The first-order valence-corrected chi connectivity index (χ1v) is 38.4. The summed E-state index contributed by atoms with van der Waals surface area (Å²) < 4.78 is 34.4. The summed E-state index contributed by atoms with van der Waals surface area (Å²) >= 11 is 0. The second kappa shape index (κ2) is 57.4. The van der Waals surface area contributed by atoms with Gasteiger partial charge in [0.15, 0.2) is 18.9 Å². The first kappa shape index (κ1) is 87.0. The van der Waals surface area contributed by atoms with Gasteiger partial charge in [-0.25, -0.2) is 0 Å². The third-order valence-electron chi connectivity index (χ3n) is 19.1. The Morgan fingerprint density at radius 3 is 1.14 bits per heavy atom. The van der Waals surface area contributed by atoms with E-state index in [0.717, 1.165) is 57.8 Å². The van der Waals surface area contributed by atoms with Crippen LogP contribution in [0.4, 0.5) is 0 Å². The molecule has 0 spiro atoms. The van der Waals surface area contributed by atoms with Crippen molar-refractivity contribution in [1.29, 1.82) is 0 Å². The molecular weight excluding hydrogens is 1210 g/mol. The van der Waals surface area contributed by atoms with Gasteiger partial charge in [0.25, 0.3) is 0 Å². The maximum Gasteiger partial charge on any atom is 0.220 e. The Morgan fingerprint density at radius 1 is 0.379 bits per heavy atom. The van der Waals surface area contributed by atoms with Crippen molar-refractivity contribution in [2.24, 2.45) is 0 Å². The molecule has 0 radical (unpaired) electrons. The maximum absolute atomic E-state index is 13.4. The van der Waals surface area contributed by atoms with Crippen molar-refractivity contribution in [3.8, 4) is 0 Å². The van der Waals surface area contributed by atoms with Crippen molar-refractivity contribution >= 4 is 5.91 Å². The lowest BCUT2D eigenvalue weighted by molar-refractivity contribution is -0.379. The van der Waals surface area contributed by atoms with Gasteiger partial charge in [-0.05, 0) is 64.2 Å². The third kappa shape index (κ3) is 38.4. The number of nitrogens with one attached hydrogen (secondary N) is 1. The Hall–Kier alpha value is -2.25. The predicted molar refractivity (Wildman–Crippen MR) is 374 cm³/mol. The number of aliphatic hydroxyl groups is 11. The molecule has 0 aromatic heterocycles. The fourth-order valence-corrected chi connectivity index (χ4v) is 12.9. The zero-order valence-electron chi connectivity index (χ0n) is 59.2. The van der Waals surface area contributed by atoms with Crippen LogP contribution in [0.25, 0.3) is 0 Å². The molecule has 3 fully saturated rings. The third-order valence-corrected chi connectivity index (χ3v) is 19.1. The van der Waals surface area contributed by atoms with Gasteiger partial charge in [-0.15, -0.1) is 0 Å². The van der Waals surface area contributed by atoms with E-state index in [9.17, 15) is 61.0 Å². The molecule has 3 rings (SSSR count). The van der Waals surface area contributed by atoms with Crippen molar-refractivity contribution in [3.05, 3.63) is 48.6 Å². The maximum atomic E-state index is 13.4. The summed E-state index contributed by atoms with van der Waals surface area (Å²) in [4.78, 5) is 13.4. The Morgan fingerprint density at radius 2 is 0.705 bits per heavy atom. The molecule has 17 unspecified atom stereocenters. The summed E-state index contributed by atoms with van der Waals surface area (Å²) in [5.74, 6) is -0.288. The van der Waals surface area contributed by atoms with Crippen molar-refractivity contribution < 1.29 is 89.4 Å². The average Bonchev–Trinajstić information content (AvgIpc) is 0.787. The van der Waals surface area contributed by atoms with Gasteiger partial charge >= 0.3 is 0 Å². The Balaban J connectivity index is 1.40. The van der Waals surface area contributed by atoms with Crippen LogP contribution in [0.1, 0.15) is 296 Å². The average molecular weight is 1350 g/mol. The molecule has 12 N–H and O–H groups in total. The van der Waals surface area contributed by atoms with Gasteiger partial charge in [0.1, 0.15) is 73.2 Å². The first-order chi connectivity index (χ1) is 46.3. The molecule has 95 heavy (non-hydrogen) atoms. The number of allylic oxidation sites excluding steroid dienone is 7. The minimum Gasteiger partial charge on any atom is -0.394 e. The molecule has 17 atom stereocenters. The number of unbranched alkanes of at least 4 members (excludes halogenated alkanes) is 38. The predicted octanol–water partition coefficient (Wildman–Crippen LogP) is 11.7. The lowest BCUT2D eigenvalue weighted by Gasteiger charge is -2.48. The van der Waals surface area contributed by atoms with Gasteiger partial charge in [0.05, 0.1) is 38.6 Å². The molecule has 0 aromatic carbocycles. The lowest BCUT2D eigenvalue weighted by Crippen LogP contribution is -2.66. The van der Waals surface area contributed by atoms with E-state index in [4.69, 9.17) is 28.4 Å². The summed E-state index contributed by atoms with van der Waals surface area (Å²) in [5, 5.41) is 121. The van der Waals surface area contributed by atoms with Crippen LogP contribution in [0.3, 0.4) is 0 Å². The second-order valence-electron chi connectivity index (χ2n) is 27.5. The first-order valence-electron chi connectivity index (χ1n) is 38.4. The molecule has 556 valence electrons. The van der Waals surface area contributed by atoms with E-state index in [1.807, 2.05) is 6.08 Å². The zero-order chi connectivity index (χ0) is 68.9. The van der Waals surface area contributed by atoms with Crippen LogP contribution in [0, 0.1) is 0 Å². The summed E-state index contributed by atoms with van der Waals surface area (Å²) in [6.07, 6.45) is 43.9. The fraction of sp³-hybridized carbons (Fsp3) is 0.882. The molecule has 0 bridgehead atoms. The van der Waals surface area contributed by atoms with Crippen LogP contribution in [0.5, 0.6) is 0 Å². The minimum atomic E-state index is -1.98. The standard InChI is InChI=1S/C76H139NO18/c1-3-5-7-9-11-13-15-17-19-21-23-24-25-26-27-28-29-30-31-32-33-34-36-37-39-41-43-45-47-49-51-53-60(81)59(77-64(82)54-52-50-48-46-44-42-40-38-35-22-20-18-16-14-12-10-8-6-4-2)58-90-74-70(88)67(85)72(62(56-79)92-74)95-76-71(89)68(86)73(63(57-80)93-76)94-75-69(87)66(84)65(83)61(55-78)91-75/h12,14,18,20,43,45,51,53,59-63,65-76,78-81,83-89H,3-11,13,15-17,19,21-42,44,46-50,52,54-58H2,1-2H3,(H,77,82)/b14-12-,20-18-,45-43+,53-51+. The molecule has 0 saturated carbocycles. The number of rotatable bonds is 60. The van der Waals surface area contributed by atoms with Gasteiger partial charge in [-0.2, -0.15) is 0 Å². The summed E-state index contributed by atoms with van der Waals surface area (Å²) in [5.41, 5.74) is 0. The van der Waals surface area contributed by atoms with E-state index in [2.05, 4.69) is 55.6 Å². The Bertz CT molecular complexity index is 1910. The number of amides is 1. The SMILES string of the molecule is CCCCC/C=C\C/C=C\CCCCCCCCCCCC(=O)NC(COC1OC(CO)C(OC2OC(CO)C(OC3OC(CO)C(O)C(O)C3O)C(O)C2O)C(O)C1O)C(O)/C=C/CC/C=C/CCCCCCCCCCCCCCCCCCCCCCCCCCC. The largest absolute Gasteiger partial charge is 0.394 e. The summed E-state index contributed by atoms with van der Waals surface area (Å²) in [7, 11) is 0. The van der Waals surface area contributed by atoms with Gasteiger partial charge in [0.2, 0.25) is 5.91 Å². The molecule has 3 heterocycles. The van der Waals surface area contributed by atoms with E-state index >= 15 is 0 Å². The molecule has 3 aliphatic rings. The molecule has 3 saturated heterocycles. The molecular formula is C76H139NO18. The number of hydrogen-bond donors (Lipinski definition) is 12. The lowest BCUT2D eigenvalue weighted by atomic mass is 9.96. The number of carbonyl (C=O) groups is 1. The zero-order valence-corrected chi connectivity index (χ0v) is 59.2. The van der Waals surface area contributed by atoms with Crippen molar-refractivity contribution in [2.75, 3.05) is 26.4 Å². The monoisotopic (exact) mass is 1350 g/mol. The smallest absolute Gasteiger partial charge is 0.220 e. The second-order valence-corrected chi connectivity index (χ2v) is 27.5. The Kier molecular flexibility index (Phi) is 52.5. The van der Waals surface area contributed by atoms with Crippen LogP contribution in [-0.4, -0.2) is 193 Å². The van der Waals surface area contributed by atoms with Crippen molar-refractivity contribution in [2.45, 2.75) is 401 Å². The van der Waals surface area contributed by atoms with Crippen molar-refractivity contribution in [1.82, 2.24) is 5.32 Å². The highest BCUT2D eigenvalue weighted by atomic mass is 16.8. The molecule has 1 amide bonds. The van der Waals surface area contributed by atoms with Crippen molar-refractivity contribution in [3.63, 3.8) is 0 Å². The molecule has 0 aromatic rings. The quantitative estimate of drug-likeness (QED) is 0.0199. The van der Waals surface area contributed by atoms with Gasteiger partial charge in [-0.1, -0.05) is 274 Å². The number of carbonyl (C=O) groups excluding carboxylic acids is 1. The summed E-state index contributed by atoms with van der Waals surface area (Å²) in [6.45, 7) is 1.72. The molecule has 19 nitrogen and oxygen atoms in total. The normalized spacial score (nSPS) is 27.4. The van der Waals surface area contributed by atoms with E-state index in [1.54, 1.807) is 6.08 Å². The highest BCUT2D eigenvalue weighted by molar-refractivity contribution is 5.76. The van der Waals surface area contributed by atoms with E-state index < -0.39 is 124 Å². The highest BCUT2D eigenvalue weighted by Crippen LogP contribution is 2.33. The summed E-state index contributed by atoms with van der Waals surface area (Å²) in [6, 6.07) is -0.995. The van der Waals surface area contributed by atoms with E-state index in [1.165, 1.54) is 205 Å². The molecule has 19 heteroatoms. The minimum absolute atomic E-state index is 0.230. The van der Waals surface area contributed by atoms with Crippen LogP contribution in [0.2, 0.25) is 0 Å². The van der Waals surface area contributed by atoms with Crippen LogP contribution in [0.15, 0.2) is 48.6 Å².